The van der Waals surface area contributed by atoms with Crippen LogP contribution in [0, 0.1) is 5.92 Å². The molecule has 0 aliphatic heterocycles. The molecule has 1 aliphatic carbocycles. The predicted octanol–water partition coefficient (Wildman–Crippen LogP) is 2.27. The van der Waals surface area contributed by atoms with Crippen LogP contribution in [0.2, 0.25) is 0 Å². The highest BCUT2D eigenvalue weighted by Crippen LogP contribution is 2.28. The van der Waals surface area contributed by atoms with Gasteiger partial charge in [-0.3, -0.25) is 9.59 Å². The number of aliphatic carboxylic acids is 1. The quantitative estimate of drug-likeness (QED) is 0.752. The Morgan fingerprint density at radius 1 is 1.35 bits per heavy atom. The van der Waals surface area contributed by atoms with E-state index < -0.39 is 5.97 Å². The van der Waals surface area contributed by atoms with Crippen LogP contribution in [0.5, 0.6) is 0 Å². The van der Waals surface area contributed by atoms with Crippen LogP contribution in [0.1, 0.15) is 49.0 Å². The Kier molecular flexibility index (Phi) is 5.21. The van der Waals surface area contributed by atoms with Crippen molar-refractivity contribution in [3.63, 3.8) is 0 Å². The molecule has 1 fully saturated rings. The highest BCUT2D eigenvalue weighted by atomic mass is 16.4. The fourth-order valence-electron chi connectivity index (χ4n) is 2.89. The molecule has 0 spiro atoms. The summed E-state index contributed by atoms with van der Waals surface area (Å²) >= 11 is 0. The van der Waals surface area contributed by atoms with Crippen LogP contribution in [0.3, 0.4) is 0 Å². The number of carboxylic acid groups (broad SMARTS) is 1. The highest BCUT2D eigenvalue weighted by molar-refractivity contribution is 5.93. The van der Waals surface area contributed by atoms with Crippen LogP contribution >= 0.6 is 0 Å². The zero-order valence-electron chi connectivity index (χ0n) is 11.7. The number of rotatable bonds is 7. The van der Waals surface area contributed by atoms with Gasteiger partial charge in [-0.1, -0.05) is 25.7 Å². The van der Waals surface area contributed by atoms with Gasteiger partial charge in [0.05, 0.1) is 0 Å². The molecule has 20 heavy (non-hydrogen) atoms. The summed E-state index contributed by atoms with van der Waals surface area (Å²) < 4.78 is 1.45. The lowest BCUT2D eigenvalue weighted by Gasteiger charge is -2.10. The van der Waals surface area contributed by atoms with Gasteiger partial charge in [-0.15, -0.1) is 0 Å². The van der Waals surface area contributed by atoms with E-state index in [1.54, 1.807) is 18.3 Å². The third-order valence-electron chi connectivity index (χ3n) is 3.92. The monoisotopic (exact) mass is 278 g/mol. The van der Waals surface area contributed by atoms with Crippen molar-refractivity contribution in [1.29, 1.82) is 0 Å². The number of carbonyl (C=O) groups is 2. The minimum absolute atomic E-state index is 0.183. The fraction of sp³-hybridized carbons (Fsp3) is 0.600. The lowest BCUT2D eigenvalue weighted by Crippen LogP contribution is -2.27. The minimum atomic E-state index is -0.948. The number of nitrogens with one attached hydrogen (secondary N) is 1. The molecular formula is C15H22N2O3. The van der Waals surface area contributed by atoms with Crippen molar-refractivity contribution < 1.29 is 14.7 Å². The summed E-state index contributed by atoms with van der Waals surface area (Å²) in [6, 6.07) is 3.34. The third kappa shape index (κ3) is 4.11. The molecule has 1 heterocycles. The zero-order valence-corrected chi connectivity index (χ0v) is 11.7. The van der Waals surface area contributed by atoms with Crippen LogP contribution in [0.15, 0.2) is 18.3 Å². The highest BCUT2D eigenvalue weighted by Gasteiger charge is 2.15. The average Bonchev–Trinajstić information content (AvgIpc) is 3.04. The van der Waals surface area contributed by atoms with E-state index in [2.05, 4.69) is 5.32 Å². The van der Waals surface area contributed by atoms with Gasteiger partial charge >= 0.3 is 5.97 Å². The standard InChI is InChI=1S/C15H22N2O3/c18-14(19)11-17-10-4-8-13(17)15(20)16-9-3-7-12-5-1-2-6-12/h4,8,10,12H,1-3,5-7,9,11H2,(H,16,20)(H,18,19). The van der Waals surface area contributed by atoms with E-state index in [1.165, 1.54) is 36.7 Å². The summed E-state index contributed by atoms with van der Waals surface area (Å²) in [7, 11) is 0. The van der Waals surface area contributed by atoms with E-state index in [4.69, 9.17) is 5.11 Å². The Balaban J connectivity index is 1.74. The van der Waals surface area contributed by atoms with Gasteiger partial charge in [-0.05, 0) is 30.9 Å². The molecule has 110 valence electrons. The lowest BCUT2D eigenvalue weighted by atomic mass is 10.0. The van der Waals surface area contributed by atoms with Gasteiger partial charge < -0.3 is 15.0 Å². The number of carboxylic acids is 1. The number of carbonyl (C=O) groups excluding carboxylic acids is 1. The number of hydrogen-bond acceptors (Lipinski definition) is 2. The van der Waals surface area contributed by atoms with Gasteiger partial charge in [0, 0.05) is 12.7 Å². The number of hydrogen-bond donors (Lipinski definition) is 2. The van der Waals surface area contributed by atoms with E-state index in [0.29, 0.717) is 12.2 Å². The SMILES string of the molecule is O=C(O)Cn1cccc1C(=O)NCCCC1CCCC1. The molecule has 0 unspecified atom stereocenters. The van der Waals surface area contributed by atoms with Gasteiger partial charge in [0.1, 0.15) is 12.2 Å². The first-order valence-corrected chi connectivity index (χ1v) is 7.32. The summed E-state index contributed by atoms with van der Waals surface area (Å²) in [5.41, 5.74) is 0.410. The summed E-state index contributed by atoms with van der Waals surface area (Å²) in [5.74, 6) is -0.304. The van der Waals surface area contributed by atoms with E-state index >= 15 is 0 Å². The number of aromatic nitrogens is 1. The van der Waals surface area contributed by atoms with Crippen molar-refractivity contribution in [3.8, 4) is 0 Å². The van der Waals surface area contributed by atoms with Gasteiger partial charge in [-0.2, -0.15) is 0 Å². The third-order valence-corrected chi connectivity index (χ3v) is 3.92. The molecule has 2 N–H and O–H groups in total. The Labute approximate surface area is 119 Å². The molecule has 1 aliphatic rings. The second-order valence-electron chi connectivity index (χ2n) is 5.46. The predicted molar refractivity (Wildman–Crippen MR) is 75.6 cm³/mol. The van der Waals surface area contributed by atoms with Gasteiger partial charge in [-0.25, -0.2) is 0 Å². The van der Waals surface area contributed by atoms with Crippen LogP contribution < -0.4 is 5.32 Å². The summed E-state index contributed by atoms with van der Waals surface area (Å²) in [6.45, 7) is 0.478. The maximum Gasteiger partial charge on any atom is 0.323 e. The first-order chi connectivity index (χ1) is 9.66. The lowest BCUT2D eigenvalue weighted by molar-refractivity contribution is -0.137. The molecule has 0 radical (unpaired) electrons. The Morgan fingerprint density at radius 3 is 2.80 bits per heavy atom. The normalized spacial score (nSPS) is 15.4. The Morgan fingerprint density at radius 2 is 2.10 bits per heavy atom. The molecule has 1 amide bonds. The average molecular weight is 278 g/mol. The van der Waals surface area contributed by atoms with Crippen LogP contribution in [-0.2, 0) is 11.3 Å². The maximum atomic E-state index is 12.0. The molecule has 2 rings (SSSR count). The molecule has 0 bridgehead atoms. The van der Waals surface area contributed by atoms with Crippen LogP contribution in [-0.4, -0.2) is 28.1 Å². The Bertz CT molecular complexity index is 461. The number of amides is 1. The van der Waals surface area contributed by atoms with E-state index in [9.17, 15) is 9.59 Å². The molecule has 1 saturated carbocycles. The smallest absolute Gasteiger partial charge is 0.323 e. The van der Waals surface area contributed by atoms with E-state index in [-0.39, 0.29) is 12.5 Å². The summed E-state index contributed by atoms with van der Waals surface area (Å²) in [5, 5.41) is 11.6. The van der Waals surface area contributed by atoms with Gasteiger partial charge in [0.2, 0.25) is 0 Å². The number of nitrogens with zero attached hydrogens (tertiary/aromatic N) is 1. The maximum absolute atomic E-state index is 12.0. The minimum Gasteiger partial charge on any atom is -0.480 e. The Hall–Kier alpha value is -1.78. The fourth-order valence-corrected chi connectivity index (χ4v) is 2.89. The van der Waals surface area contributed by atoms with Crippen molar-refractivity contribution in [3.05, 3.63) is 24.0 Å². The largest absolute Gasteiger partial charge is 0.480 e. The second-order valence-corrected chi connectivity index (χ2v) is 5.46. The molecule has 0 aromatic carbocycles. The van der Waals surface area contributed by atoms with Crippen molar-refractivity contribution in [2.45, 2.75) is 45.1 Å². The van der Waals surface area contributed by atoms with Crippen molar-refractivity contribution in [1.82, 2.24) is 9.88 Å². The molecular weight excluding hydrogens is 256 g/mol. The van der Waals surface area contributed by atoms with Gasteiger partial charge in [0.25, 0.3) is 5.91 Å². The van der Waals surface area contributed by atoms with Gasteiger partial charge in [0.15, 0.2) is 0 Å². The van der Waals surface area contributed by atoms with E-state index in [1.807, 2.05) is 0 Å². The first-order valence-electron chi connectivity index (χ1n) is 7.32. The first kappa shape index (κ1) is 14.6. The molecule has 1 aromatic heterocycles. The second kappa shape index (κ2) is 7.12. The molecule has 0 atom stereocenters. The summed E-state index contributed by atoms with van der Waals surface area (Å²) in [4.78, 5) is 22.7. The molecule has 0 saturated heterocycles. The van der Waals surface area contributed by atoms with Crippen LogP contribution in [0.25, 0.3) is 0 Å². The summed E-state index contributed by atoms with van der Waals surface area (Å²) in [6.07, 6.45) is 9.14. The zero-order chi connectivity index (χ0) is 14.4. The van der Waals surface area contributed by atoms with E-state index in [0.717, 1.165) is 12.3 Å². The topological polar surface area (TPSA) is 71.3 Å². The van der Waals surface area contributed by atoms with Crippen molar-refractivity contribution in [2.24, 2.45) is 5.92 Å². The van der Waals surface area contributed by atoms with Crippen molar-refractivity contribution in [2.75, 3.05) is 6.54 Å². The molecule has 1 aromatic rings. The molecule has 5 nitrogen and oxygen atoms in total. The van der Waals surface area contributed by atoms with Crippen LogP contribution in [0.4, 0.5) is 0 Å². The van der Waals surface area contributed by atoms with Crippen molar-refractivity contribution >= 4 is 11.9 Å². The molecule has 5 heteroatoms.